The zero-order valence-corrected chi connectivity index (χ0v) is 15.9. The number of nitro groups is 1. The van der Waals surface area contributed by atoms with Gasteiger partial charge in [-0.25, -0.2) is 5.43 Å². The summed E-state index contributed by atoms with van der Waals surface area (Å²) in [5.74, 6) is 0.508. The summed E-state index contributed by atoms with van der Waals surface area (Å²) in [7, 11) is 0. The minimum absolute atomic E-state index is 0.147. The molecule has 28 heavy (non-hydrogen) atoms. The number of benzene rings is 2. The summed E-state index contributed by atoms with van der Waals surface area (Å²) in [5.41, 5.74) is 3.15. The fourth-order valence-electron chi connectivity index (χ4n) is 2.24. The van der Waals surface area contributed by atoms with Gasteiger partial charge in [0.2, 0.25) is 0 Å². The lowest BCUT2D eigenvalue weighted by Gasteiger charge is -2.06. The molecule has 0 aliphatic rings. The molecule has 0 radical (unpaired) electrons. The maximum absolute atomic E-state index is 12.1. The lowest BCUT2D eigenvalue weighted by molar-refractivity contribution is -0.385. The SMILES string of the molecule is CCCOc1ccc(C(=O)N/N=C\c2ccc(OCCC)c([N+](=O)[O-])c2)cc1. The van der Waals surface area contributed by atoms with Crippen molar-refractivity contribution in [2.75, 3.05) is 13.2 Å². The fraction of sp³-hybridized carbons (Fsp3) is 0.300. The van der Waals surface area contributed by atoms with Crippen LogP contribution in [-0.4, -0.2) is 30.3 Å². The highest BCUT2D eigenvalue weighted by atomic mass is 16.6. The Morgan fingerprint density at radius 1 is 1.11 bits per heavy atom. The van der Waals surface area contributed by atoms with Crippen molar-refractivity contribution < 1.29 is 19.2 Å². The third-order valence-electron chi connectivity index (χ3n) is 3.61. The Hall–Kier alpha value is -3.42. The predicted octanol–water partition coefficient (Wildman–Crippen LogP) is 3.94. The Morgan fingerprint density at radius 3 is 2.43 bits per heavy atom. The van der Waals surface area contributed by atoms with E-state index in [9.17, 15) is 14.9 Å². The van der Waals surface area contributed by atoms with Crippen molar-refractivity contribution in [3.05, 3.63) is 63.7 Å². The van der Waals surface area contributed by atoms with Gasteiger partial charge in [0.05, 0.1) is 24.4 Å². The molecule has 2 aromatic rings. The van der Waals surface area contributed by atoms with Crippen LogP contribution >= 0.6 is 0 Å². The Labute approximate surface area is 163 Å². The average molecular weight is 385 g/mol. The van der Waals surface area contributed by atoms with Crippen LogP contribution in [0.5, 0.6) is 11.5 Å². The van der Waals surface area contributed by atoms with E-state index < -0.39 is 10.8 Å². The summed E-state index contributed by atoms with van der Waals surface area (Å²) in [6.45, 7) is 4.94. The van der Waals surface area contributed by atoms with Gasteiger partial charge in [0, 0.05) is 17.2 Å². The average Bonchev–Trinajstić information content (AvgIpc) is 2.71. The summed E-state index contributed by atoms with van der Waals surface area (Å²) in [5, 5.41) is 15.1. The van der Waals surface area contributed by atoms with Crippen molar-refractivity contribution in [2.24, 2.45) is 5.10 Å². The molecule has 0 aliphatic carbocycles. The normalized spacial score (nSPS) is 10.6. The van der Waals surface area contributed by atoms with Crippen molar-refractivity contribution in [1.29, 1.82) is 0 Å². The van der Waals surface area contributed by atoms with E-state index in [-0.39, 0.29) is 11.4 Å². The van der Waals surface area contributed by atoms with Crippen molar-refractivity contribution in [3.63, 3.8) is 0 Å². The Morgan fingerprint density at radius 2 is 1.79 bits per heavy atom. The van der Waals surface area contributed by atoms with E-state index in [2.05, 4.69) is 10.5 Å². The second-order valence-corrected chi connectivity index (χ2v) is 5.90. The first-order valence-corrected chi connectivity index (χ1v) is 9.02. The zero-order valence-electron chi connectivity index (χ0n) is 15.9. The lowest BCUT2D eigenvalue weighted by Crippen LogP contribution is -2.17. The number of ether oxygens (including phenoxy) is 2. The summed E-state index contributed by atoms with van der Waals surface area (Å²) < 4.78 is 10.8. The van der Waals surface area contributed by atoms with Gasteiger partial charge in [0.15, 0.2) is 5.75 Å². The molecule has 0 bridgehead atoms. The number of hydrogen-bond acceptors (Lipinski definition) is 6. The van der Waals surface area contributed by atoms with Crippen LogP contribution in [0.25, 0.3) is 0 Å². The van der Waals surface area contributed by atoms with E-state index >= 15 is 0 Å². The molecule has 1 amide bonds. The largest absolute Gasteiger partial charge is 0.494 e. The second kappa shape index (κ2) is 10.7. The number of nitrogens with zero attached hydrogens (tertiary/aromatic N) is 2. The standard InChI is InChI=1S/C20H23N3O5/c1-3-11-27-17-8-6-16(7-9-17)20(24)22-21-14-15-5-10-19(28-12-4-2)18(13-15)23(25)26/h5-10,13-14H,3-4,11-12H2,1-2H3,(H,22,24)/b21-14-. The fourth-order valence-corrected chi connectivity index (χ4v) is 2.24. The first kappa shape index (κ1) is 20.9. The third-order valence-corrected chi connectivity index (χ3v) is 3.61. The molecule has 2 rings (SSSR count). The summed E-state index contributed by atoms with van der Waals surface area (Å²) in [6, 6.07) is 11.2. The second-order valence-electron chi connectivity index (χ2n) is 5.90. The van der Waals surface area contributed by atoms with E-state index in [0.29, 0.717) is 30.1 Å². The van der Waals surface area contributed by atoms with Gasteiger partial charge >= 0.3 is 5.69 Å². The summed E-state index contributed by atoms with van der Waals surface area (Å²) >= 11 is 0. The van der Waals surface area contributed by atoms with E-state index in [1.54, 1.807) is 30.3 Å². The van der Waals surface area contributed by atoms with Crippen molar-refractivity contribution in [3.8, 4) is 11.5 Å². The molecule has 1 N–H and O–H groups in total. The molecule has 0 unspecified atom stereocenters. The van der Waals surface area contributed by atoms with Gasteiger partial charge in [-0.05, 0) is 49.2 Å². The van der Waals surface area contributed by atoms with Gasteiger partial charge in [0.25, 0.3) is 5.91 Å². The van der Waals surface area contributed by atoms with Crippen molar-refractivity contribution in [1.82, 2.24) is 5.43 Å². The molecular weight excluding hydrogens is 362 g/mol. The lowest BCUT2D eigenvalue weighted by atomic mass is 10.2. The van der Waals surface area contributed by atoms with Crippen LogP contribution in [0.4, 0.5) is 5.69 Å². The van der Waals surface area contributed by atoms with Gasteiger partial charge in [-0.1, -0.05) is 13.8 Å². The molecular formula is C20H23N3O5. The molecule has 0 aromatic heterocycles. The van der Waals surface area contributed by atoms with Crippen LogP contribution in [0.3, 0.4) is 0 Å². The molecule has 0 atom stereocenters. The third kappa shape index (κ3) is 6.08. The van der Waals surface area contributed by atoms with E-state index in [1.165, 1.54) is 18.3 Å². The van der Waals surface area contributed by atoms with Crippen LogP contribution in [0.1, 0.15) is 42.6 Å². The molecule has 0 saturated heterocycles. The molecule has 2 aromatic carbocycles. The molecule has 0 fully saturated rings. The van der Waals surface area contributed by atoms with E-state index in [4.69, 9.17) is 9.47 Å². The number of hydrogen-bond donors (Lipinski definition) is 1. The van der Waals surface area contributed by atoms with Gasteiger partial charge < -0.3 is 9.47 Å². The highest BCUT2D eigenvalue weighted by Gasteiger charge is 2.15. The monoisotopic (exact) mass is 385 g/mol. The Bertz CT molecular complexity index is 834. The number of carbonyl (C=O) groups is 1. The van der Waals surface area contributed by atoms with Crippen LogP contribution in [0, 0.1) is 10.1 Å². The maximum Gasteiger partial charge on any atom is 0.311 e. The Balaban J connectivity index is 2.00. The molecule has 8 nitrogen and oxygen atoms in total. The van der Waals surface area contributed by atoms with E-state index in [1.807, 2.05) is 13.8 Å². The zero-order chi connectivity index (χ0) is 20.4. The van der Waals surface area contributed by atoms with E-state index in [0.717, 1.165) is 12.8 Å². The van der Waals surface area contributed by atoms with Gasteiger partial charge in [-0.3, -0.25) is 14.9 Å². The van der Waals surface area contributed by atoms with Gasteiger partial charge in [0.1, 0.15) is 5.75 Å². The topological polar surface area (TPSA) is 103 Å². The van der Waals surface area contributed by atoms with Crippen molar-refractivity contribution in [2.45, 2.75) is 26.7 Å². The van der Waals surface area contributed by atoms with Crippen LogP contribution in [0.2, 0.25) is 0 Å². The number of carbonyl (C=O) groups excluding carboxylic acids is 1. The number of hydrazone groups is 1. The number of nitro benzene ring substituents is 1. The highest BCUT2D eigenvalue weighted by Crippen LogP contribution is 2.27. The van der Waals surface area contributed by atoms with Gasteiger partial charge in [-0.15, -0.1) is 0 Å². The summed E-state index contributed by atoms with van der Waals surface area (Å²) in [6.07, 6.45) is 2.99. The maximum atomic E-state index is 12.1. The van der Waals surface area contributed by atoms with Crippen LogP contribution in [-0.2, 0) is 0 Å². The predicted molar refractivity (Wildman–Crippen MR) is 106 cm³/mol. The van der Waals surface area contributed by atoms with Gasteiger partial charge in [-0.2, -0.15) is 5.10 Å². The molecule has 148 valence electrons. The molecule has 0 spiro atoms. The molecule has 0 aliphatic heterocycles. The minimum atomic E-state index is -0.511. The van der Waals surface area contributed by atoms with Crippen LogP contribution in [0.15, 0.2) is 47.6 Å². The van der Waals surface area contributed by atoms with Crippen LogP contribution < -0.4 is 14.9 Å². The Kier molecular flexibility index (Phi) is 7.95. The number of nitrogens with one attached hydrogen (secondary N) is 1. The quantitative estimate of drug-likeness (QED) is 0.379. The highest BCUT2D eigenvalue weighted by molar-refractivity contribution is 5.95. The van der Waals surface area contributed by atoms with Crippen molar-refractivity contribution >= 4 is 17.8 Å². The first-order valence-electron chi connectivity index (χ1n) is 9.02. The smallest absolute Gasteiger partial charge is 0.311 e. The molecule has 0 heterocycles. The number of rotatable bonds is 10. The minimum Gasteiger partial charge on any atom is -0.494 e. The molecule has 8 heteroatoms. The summed E-state index contributed by atoms with van der Waals surface area (Å²) in [4.78, 5) is 22.8. The number of amides is 1. The molecule has 0 saturated carbocycles. The first-order chi connectivity index (χ1) is 13.5.